The summed E-state index contributed by atoms with van der Waals surface area (Å²) in [5.41, 5.74) is -0.752. The van der Waals surface area contributed by atoms with Crippen molar-refractivity contribution in [2.75, 3.05) is 25.2 Å². The number of methoxy groups -OCH3 is 1. The van der Waals surface area contributed by atoms with Crippen molar-refractivity contribution in [3.63, 3.8) is 0 Å². The van der Waals surface area contributed by atoms with Crippen LogP contribution in [0.3, 0.4) is 0 Å². The van der Waals surface area contributed by atoms with Crippen LogP contribution in [0.15, 0.2) is 28.0 Å². The Hall–Kier alpha value is -2.35. The third-order valence-corrected chi connectivity index (χ3v) is 4.60. The van der Waals surface area contributed by atoms with Crippen LogP contribution in [0.1, 0.15) is 25.7 Å². The van der Waals surface area contributed by atoms with Crippen LogP contribution in [0.2, 0.25) is 0 Å². The van der Waals surface area contributed by atoms with Crippen molar-refractivity contribution in [2.45, 2.75) is 26.4 Å². The molecule has 0 aromatic carbocycles. The smallest absolute Gasteiger partial charge is 0.329 e. The second-order valence-electron chi connectivity index (χ2n) is 6.85. The lowest BCUT2D eigenvalue weighted by molar-refractivity contribution is 0.156. The summed E-state index contributed by atoms with van der Waals surface area (Å²) >= 11 is 0. The van der Waals surface area contributed by atoms with E-state index >= 15 is 0 Å². The van der Waals surface area contributed by atoms with Gasteiger partial charge in [-0.3, -0.25) is 14.3 Å². The first-order valence-electron chi connectivity index (χ1n) is 7.92. The minimum atomic E-state index is -0.413. The van der Waals surface area contributed by atoms with E-state index in [-0.39, 0.29) is 17.0 Å². The number of aromatic nitrogens is 4. The number of nitrogens with one attached hydrogen (secondary N) is 1. The van der Waals surface area contributed by atoms with Gasteiger partial charge in [0.05, 0.1) is 12.6 Å². The molecule has 0 radical (unpaired) electrons. The fourth-order valence-corrected chi connectivity index (χ4v) is 3.28. The lowest BCUT2D eigenvalue weighted by Gasteiger charge is -2.54. The summed E-state index contributed by atoms with van der Waals surface area (Å²) in [6.45, 7) is 6.35. The summed E-state index contributed by atoms with van der Waals surface area (Å²) in [7, 11) is 3.13. The Balaban J connectivity index is 1.98. The van der Waals surface area contributed by atoms with Crippen LogP contribution in [-0.2, 0) is 18.3 Å². The maximum atomic E-state index is 11.9. The molecule has 8 heteroatoms. The molecule has 1 N–H and O–H groups in total. The monoisotopic (exact) mass is 333 g/mol. The van der Waals surface area contributed by atoms with Crippen LogP contribution in [0.25, 0.3) is 0 Å². The first kappa shape index (κ1) is 16.5. The van der Waals surface area contributed by atoms with Gasteiger partial charge in [0.2, 0.25) is 0 Å². The maximum Gasteiger partial charge on any atom is 0.329 e. The number of aromatic amines is 1. The highest BCUT2D eigenvalue weighted by Gasteiger charge is 2.49. The molecule has 2 aromatic heterocycles. The van der Waals surface area contributed by atoms with E-state index in [1.165, 1.54) is 13.1 Å². The third kappa shape index (κ3) is 2.66. The summed E-state index contributed by atoms with van der Waals surface area (Å²) < 4.78 is 8.27. The summed E-state index contributed by atoms with van der Waals surface area (Å²) in [5, 5.41) is 0. The van der Waals surface area contributed by atoms with E-state index in [1.807, 2.05) is 11.1 Å². The zero-order valence-corrected chi connectivity index (χ0v) is 14.4. The number of ether oxygens (including phenoxy) is 1. The fourth-order valence-electron chi connectivity index (χ4n) is 3.28. The largest absolute Gasteiger partial charge is 0.383 e. The molecule has 0 saturated carbocycles. The number of hydrogen-bond donors (Lipinski definition) is 1. The second-order valence-corrected chi connectivity index (χ2v) is 6.85. The average Bonchev–Trinajstić information content (AvgIpc) is 2.95. The van der Waals surface area contributed by atoms with E-state index < -0.39 is 5.69 Å². The van der Waals surface area contributed by atoms with Gasteiger partial charge in [0.1, 0.15) is 11.6 Å². The topological polar surface area (TPSA) is 85.2 Å². The predicted molar refractivity (Wildman–Crippen MR) is 90.3 cm³/mol. The van der Waals surface area contributed by atoms with Gasteiger partial charge in [0, 0.05) is 51.1 Å². The molecule has 130 valence electrons. The van der Waals surface area contributed by atoms with Crippen molar-refractivity contribution >= 4 is 5.82 Å². The Kier molecular flexibility index (Phi) is 4.08. The number of anilines is 1. The molecular weight excluding hydrogens is 310 g/mol. The Morgan fingerprint density at radius 3 is 2.79 bits per heavy atom. The lowest BCUT2D eigenvalue weighted by atomic mass is 9.74. The maximum absolute atomic E-state index is 11.9. The normalized spacial score (nSPS) is 19.3. The zero-order valence-electron chi connectivity index (χ0n) is 14.4. The number of H-pyrrole nitrogens is 1. The van der Waals surface area contributed by atoms with Crippen molar-refractivity contribution in [1.29, 1.82) is 0 Å². The third-order valence-electron chi connectivity index (χ3n) is 4.60. The second kappa shape index (κ2) is 5.94. The van der Waals surface area contributed by atoms with Gasteiger partial charge in [-0.25, -0.2) is 9.78 Å². The molecule has 1 fully saturated rings. The Morgan fingerprint density at radius 2 is 2.17 bits per heavy atom. The van der Waals surface area contributed by atoms with Crippen LogP contribution in [0.5, 0.6) is 0 Å². The summed E-state index contributed by atoms with van der Waals surface area (Å²) in [6.07, 6.45) is 3.69. The fraction of sp³-hybridized carbons (Fsp3) is 0.562. The van der Waals surface area contributed by atoms with Crippen molar-refractivity contribution in [3.05, 3.63) is 45.1 Å². The van der Waals surface area contributed by atoms with Gasteiger partial charge >= 0.3 is 5.69 Å². The number of hydrogen-bond acceptors (Lipinski definition) is 5. The van der Waals surface area contributed by atoms with Crippen molar-refractivity contribution in [3.8, 4) is 0 Å². The molecule has 2 aromatic rings. The van der Waals surface area contributed by atoms with Crippen LogP contribution in [0.4, 0.5) is 5.82 Å². The molecule has 0 bridgehead atoms. The number of imidazole rings is 1. The lowest BCUT2D eigenvalue weighted by Crippen LogP contribution is -2.57. The quantitative estimate of drug-likeness (QED) is 0.861. The molecule has 3 heterocycles. The zero-order chi connectivity index (χ0) is 17.5. The van der Waals surface area contributed by atoms with Gasteiger partial charge in [0.25, 0.3) is 5.56 Å². The molecule has 24 heavy (non-hydrogen) atoms. The molecule has 3 rings (SSSR count). The van der Waals surface area contributed by atoms with Crippen LogP contribution >= 0.6 is 0 Å². The predicted octanol–water partition coefficient (Wildman–Crippen LogP) is 0.504. The van der Waals surface area contributed by atoms with E-state index in [0.717, 1.165) is 16.9 Å². The highest BCUT2D eigenvalue weighted by atomic mass is 16.5. The van der Waals surface area contributed by atoms with E-state index in [1.54, 1.807) is 13.3 Å². The standard InChI is InChI=1S/C16H23N5O3/c1-16(2)10-21(11-9-12(22)19(3)15(23)18-11)13(16)14-17-5-6-20(14)7-8-24-4/h5-6,9,13H,7-8,10H2,1-4H3,(H,18,23)/t13-/m1/s1. The van der Waals surface area contributed by atoms with Gasteiger partial charge in [0.15, 0.2) is 0 Å². The molecule has 1 saturated heterocycles. The van der Waals surface area contributed by atoms with Crippen LogP contribution < -0.4 is 16.1 Å². The molecule has 0 spiro atoms. The molecule has 1 aliphatic heterocycles. The summed E-state index contributed by atoms with van der Waals surface area (Å²) in [5.74, 6) is 1.44. The van der Waals surface area contributed by atoms with Crippen molar-refractivity contribution in [2.24, 2.45) is 12.5 Å². The van der Waals surface area contributed by atoms with Gasteiger partial charge in [-0.15, -0.1) is 0 Å². The van der Waals surface area contributed by atoms with E-state index in [4.69, 9.17) is 4.74 Å². The van der Waals surface area contributed by atoms with E-state index in [2.05, 4.69) is 28.4 Å². The Bertz CT molecular complexity index is 817. The summed E-state index contributed by atoms with van der Waals surface area (Å²) in [6, 6.07) is 1.44. The Morgan fingerprint density at radius 1 is 1.42 bits per heavy atom. The van der Waals surface area contributed by atoms with Gasteiger partial charge in [-0.1, -0.05) is 13.8 Å². The van der Waals surface area contributed by atoms with E-state index in [0.29, 0.717) is 19.0 Å². The van der Waals surface area contributed by atoms with Crippen LogP contribution in [0, 0.1) is 5.41 Å². The minimum Gasteiger partial charge on any atom is -0.383 e. The van der Waals surface area contributed by atoms with E-state index in [9.17, 15) is 9.59 Å². The Labute approximate surface area is 139 Å². The van der Waals surface area contributed by atoms with Crippen LogP contribution in [-0.4, -0.2) is 39.4 Å². The molecule has 0 amide bonds. The number of rotatable bonds is 5. The first-order valence-corrected chi connectivity index (χ1v) is 7.92. The highest BCUT2D eigenvalue weighted by Crippen LogP contribution is 2.49. The first-order chi connectivity index (χ1) is 11.3. The average molecular weight is 333 g/mol. The summed E-state index contributed by atoms with van der Waals surface area (Å²) in [4.78, 5) is 33.2. The molecule has 1 aliphatic rings. The van der Waals surface area contributed by atoms with Gasteiger partial charge in [-0.05, 0) is 0 Å². The van der Waals surface area contributed by atoms with Gasteiger partial charge in [-0.2, -0.15) is 0 Å². The molecule has 0 aliphatic carbocycles. The molecule has 8 nitrogen and oxygen atoms in total. The SMILES string of the molecule is COCCn1ccnc1[C@H]1N(c2cc(=O)n(C)c(=O)[nH]2)CC1(C)C. The minimum absolute atomic E-state index is 0.0197. The van der Waals surface area contributed by atoms with Gasteiger partial charge < -0.3 is 14.2 Å². The highest BCUT2D eigenvalue weighted by molar-refractivity contribution is 5.46. The molecule has 1 atom stereocenters. The van der Waals surface area contributed by atoms with Crippen molar-refractivity contribution < 1.29 is 4.74 Å². The number of nitrogens with zero attached hydrogens (tertiary/aromatic N) is 4. The molecular formula is C16H23N5O3. The molecule has 0 unspecified atom stereocenters. The van der Waals surface area contributed by atoms with Crippen molar-refractivity contribution in [1.82, 2.24) is 19.1 Å².